The van der Waals surface area contributed by atoms with E-state index in [1.54, 1.807) is 6.07 Å². The lowest BCUT2D eigenvalue weighted by atomic mass is 9.95. The molecule has 0 bridgehead atoms. The Hall–Kier alpha value is -4.26. The van der Waals surface area contributed by atoms with Crippen LogP contribution < -0.4 is 10.6 Å². The van der Waals surface area contributed by atoms with Crippen molar-refractivity contribution in [2.45, 2.75) is 13.0 Å². The lowest BCUT2D eigenvalue weighted by Crippen LogP contribution is -2.36. The second kappa shape index (κ2) is 7.21. The average Bonchev–Trinajstić information content (AvgIpc) is 2.79. The molecule has 152 valence electrons. The molecular weight excluding hydrogens is 392 g/mol. The van der Waals surface area contributed by atoms with Gasteiger partial charge in [0.25, 0.3) is 0 Å². The number of carbonyl (C=O) groups is 2. The minimum atomic E-state index is -1.06. The van der Waals surface area contributed by atoms with E-state index in [1.165, 1.54) is 12.3 Å². The Morgan fingerprint density at radius 1 is 1.00 bits per heavy atom. The molecule has 0 unspecified atom stereocenters. The zero-order chi connectivity index (χ0) is 21.5. The molecule has 1 aliphatic rings. The van der Waals surface area contributed by atoms with E-state index in [-0.39, 0.29) is 17.6 Å². The Bertz CT molecular complexity index is 1350. The molecule has 7 heteroatoms. The van der Waals surface area contributed by atoms with E-state index in [0.717, 1.165) is 38.8 Å². The van der Waals surface area contributed by atoms with Gasteiger partial charge in [0.1, 0.15) is 11.7 Å². The van der Waals surface area contributed by atoms with Crippen LogP contribution in [0, 0.1) is 0 Å². The highest BCUT2D eigenvalue weighted by atomic mass is 16.4. The summed E-state index contributed by atoms with van der Waals surface area (Å²) in [6, 6.07) is 16.7. The molecule has 3 N–H and O–H groups in total. The summed E-state index contributed by atoms with van der Waals surface area (Å²) in [5, 5.41) is 17.3. The number of carboxylic acid groups (broad SMARTS) is 1. The van der Waals surface area contributed by atoms with Crippen LogP contribution in [0.4, 0.5) is 11.4 Å². The van der Waals surface area contributed by atoms with Crippen molar-refractivity contribution in [3.8, 4) is 22.4 Å². The Kier molecular flexibility index (Phi) is 4.36. The lowest BCUT2D eigenvalue weighted by molar-refractivity contribution is -0.116. The molecule has 7 nitrogen and oxygen atoms in total. The first-order valence-corrected chi connectivity index (χ1v) is 9.80. The number of rotatable bonds is 3. The number of para-hydroxylation sites is 1. The smallest absolute Gasteiger partial charge is 0.354 e. The van der Waals surface area contributed by atoms with Crippen LogP contribution >= 0.6 is 0 Å². The summed E-state index contributed by atoms with van der Waals surface area (Å²) >= 11 is 0. The molecule has 0 saturated carbocycles. The number of aromatic nitrogens is 2. The van der Waals surface area contributed by atoms with E-state index in [1.807, 2.05) is 55.6 Å². The predicted octanol–water partition coefficient (Wildman–Crippen LogP) is 4.41. The fourth-order valence-corrected chi connectivity index (χ4v) is 3.80. The number of anilines is 2. The number of pyridine rings is 2. The Balaban J connectivity index is 1.60. The molecule has 1 amide bonds. The summed E-state index contributed by atoms with van der Waals surface area (Å²) < 4.78 is 0. The maximum absolute atomic E-state index is 12.0. The van der Waals surface area contributed by atoms with Gasteiger partial charge in [0.15, 0.2) is 0 Å². The van der Waals surface area contributed by atoms with E-state index >= 15 is 0 Å². The molecule has 0 aliphatic carbocycles. The van der Waals surface area contributed by atoms with E-state index in [2.05, 4.69) is 20.6 Å². The van der Waals surface area contributed by atoms with Gasteiger partial charge in [-0.1, -0.05) is 30.3 Å². The van der Waals surface area contributed by atoms with Gasteiger partial charge in [-0.2, -0.15) is 0 Å². The highest BCUT2D eigenvalue weighted by Crippen LogP contribution is 2.40. The SMILES string of the molecule is C[C@H]1Nc2c(cccc2-c2cccc3cc(-c4ccc(C(=O)O)nc4)ncc23)NC1=O. The van der Waals surface area contributed by atoms with Gasteiger partial charge in [-0.05, 0) is 42.1 Å². The van der Waals surface area contributed by atoms with Crippen LogP contribution in [-0.4, -0.2) is 33.0 Å². The van der Waals surface area contributed by atoms with Crippen molar-refractivity contribution < 1.29 is 14.7 Å². The number of benzene rings is 2. The number of carbonyl (C=O) groups excluding carboxylic acids is 1. The minimum Gasteiger partial charge on any atom is -0.477 e. The summed E-state index contributed by atoms with van der Waals surface area (Å²) in [5.74, 6) is -1.12. The molecule has 31 heavy (non-hydrogen) atoms. The van der Waals surface area contributed by atoms with Crippen molar-refractivity contribution in [2.24, 2.45) is 0 Å². The third-order valence-corrected chi connectivity index (χ3v) is 5.41. The number of hydrogen-bond donors (Lipinski definition) is 3. The monoisotopic (exact) mass is 410 g/mol. The number of fused-ring (bicyclic) bond motifs is 2. The molecule has 5 rings (SSSR count). The molecule has 0 spiro atoms. The normalized spacial score (nSPS) is 15.1. The third-order valence-electron chi connectivity index (χ3n) is 5.41. The van der Waals surface area contributed by atoms with Crippen molar-refractivity contribution in [1.29, 1.82) is 0 Å². The van der Waals surface area contributed by atoms with Crippen LogP contribution in [0.5, 0.6) is 0 Å². The summed E-state index contributed by atoms with van der Waals surface area (Å²) in [5.41, 5.74) is 5.08. The van der Waals surface area contributed by atoms with Crippen molar-refractivity contribution in [2.75, 3.05) is 10.6 Å². The lowest BCUT2D eigenvalue weighted by Gasteiger charge is -2.26. The largest absolute Gasteiger partial charge is 0.477 e. The van der Waals surface area contributed by atoms with E-state index in [4.69, 9.17) is 5.11 Å². The van der Waals surface area contributed by atoms with Crippen molar-refractivity contribution in [3.05, 3.63) is 72.7 Å². The number of amides is 1. The summed E-state index contributed by atoms with van der Waals surface area (Å²) in [6.07, 6.45) is 3.33. The molecule has 4 aromatic rings. The van der Waals surface area contributed by atoms with Crippen molar-refractivity contribution in [3.63, 3.8) is 0 Å². The standard InChI is InChI=1S/C24H18N4O3/c1-13-23(29)28-19-7-3-6-17(22(19)27-13)16-5-2-4-14-10-21(26-12-18(14)16)15-8-9-20(24(30)31)25-11-15/h2-13,27H,1H3,(H,28,29)(H,30,31)/t13-/m1/s1. The average molecular weight is 410 g/mol. The predicted molar refractivity (Wildman–Crippen MR) is 119 cm³/mol. The quantitative estimate of drug-likeness (QED) is 0.462. The van der Waals surface area contributed by atoms with Gasteiger partial charge in [-0.25, -0.2) is 9.78 Å². The van der Waals surface area contributed by atoms with Gasteiger partial charge in [-0.3, -0.25) is 9.78 Å². The van der Waals surface area contributed by atoms with Crippen LogP contribution in [0.3, 0.4) is 0 Å². The third kappa shape index (κ3) is 3.26. The second-order valence-corrected chi connectivity index (χ2v) is 7.42. The van der Waals surface area contributed by atoms with Crippen molar-refractivity contribution in [1.82, 2.24) is 9.97 Å². The van der Waals surface area contributed by atoms with Gasteiger partial charge in [-0.15, -0.1) is 0 Å². The van der Waals surface area contributed by atoms with Crippen molar-refractivity contribution >= 4 is 34.0 Å². The van der Waals surface area contributed by atoms with Crippen LogP contribution in [-0.2, 0) is 4.79 Å². The number of nitrogens with one attached hydrogen (secondary N) is 2. The van der Waals surface area contributed by atoms with E-state index in [0.29, 0.717) is 5.69 Å². The Labute approximate surface area is 177 Å². The molecule has 1 aliphatic heterocycles. The summed E-state index contributed by atoms with van der Waals surface area (Å²) in [6.45, 7) is 1.83. The first kappa shape index (κ1) is 18.7. The molecule has 0 saturated heterocycles. The fraction of sp³-hybridized carbons (Fsp3) is 0.0833. The zero-order valence-corrected chi connectivity index (χ0v) is 16.6. The number of aromatic carboxylic acids is 1. The summed E-state index contributed by atoms with van der Waals surface area (Å²) in [4.78, 5) is 31.6. The first-order valence-electron chi connectivity index (χ1n) is 9.80. The van der Waals surface area contributed by atoms with Crippen LogP contribution in [0.15, 0.2) is 67.0 Å². The van der Waals surface area contributed by atoms with Gasteiger partial charge >= 0.3 is 5.97 Å². The maximum Gasteiger partial charge on any atom is 0.354 e. The molecule has 3 heterocycles. The highest BCUT2D eigenvalue weighted by Gasteiger charge is 2.24. The highest BCUT2D eigenvalue weighted by molar-refractivity contribution is 6.08. The number of hydrogen-bond acceptors (Lipinski definition) is 5. The first-order chi connectivity index (χ1) is 15.0. The molecule has 0 fully saturated rings. The second-order valence-electron chi connectivity index (χ2n) is 7.42. The molecule has 2 aromatic heterocycles. The number of nitrogens with zero attached hydrogens (tertiary/aromatic N) is 2. The van der Waals surface area contributed by atoms with Gasteiger partial charge in [0.05, 0.1) is 17.1 Å². The topological polar surface area (TPSA) is 104 Å². The molecule has 2 aromatic carbocycles. The molecular formula is C24H18N4O3. The maximum atomic E-state index is 12.0. The van der Waals surface area contributed by atoms with Gasteiger partial charge < -0.3 is 15.7 Å². The Morgan fingerprint density at radius 3 is 2.58 bits per heavy atom. The molecule has 1 atom stereocenters. The zero-order valence-electron chi connectivity index (χ0n) is 16.6. The van der Waals surface area contributed by atoms with E-state index < -0.39 is 5.97 Å². The van der Waals surface area contributed by atoms with Crippen LogP contribution in [0.2, 0.25) is 0 Å². The van der Waals surface area contributed by atoms with Crippen LogP contribution in [0.25, 0.3) is 33.2 Å². The Morgan fingerprint density at radius 2 is 1.81 bits per heavy atom. The fourth-order valence-electron chi connectivity index (χ4n) is 3.80. The molecule has 0 radical (unpaired) electrons. The minimum absolute atomic E-state index is 0.00510. The van der Waals surface area contributed by atoms with Crippen LogP contribution in [0.1, 0.15) is 17.4 Å². The van der Waals surface area contributed by atoms with Gasteiger partial charge in [0.2, 0.25) is 5.91 Å². The van der Waals surface area contributed by atoms with Gasteiger partial charge in [0, 0.05) is 28.9 Å². The summed E-state index contributed by atoms with van der Waals surface area (Å²) in [7, 11) is 0. The number of carboxylic acids is 1. The van der Waals surface area contributed by atoms with E-state index in [9.17, 15) is 9.59 Å².